The van der Waals surface area contributed by atoms with Gasteiger partial charge in [-0.1, -0.05) is 11.6 Å². The van der Waals surface area contributed by atoms with Gasteiger partial charge in [0.25, 0.3) is 0 Å². The molecule has 0 fully saturated rings. The molecule has 0 saturated heterocycles. The molecule has 0 aliphatic rings. The number of imidazole rings is 1. The van der Waals surface area contributed by atoms with Crippen molar-refractivity contribution in [2.45, 2.75) is 19.9 Å². The predicted molar refractivity (Wildman–Crippen MR) is 82.9 cm³/mol. The molecule has 5 heteroatoms. The summed E-state index contributed by atoms with van der Waals surface area (Å²) in [5.74, 6) is 0.908. The van der Waals surface area contributed by atoms with E-state index in [4.69, 9.17) is 22.3 Å². The van der Waals surface area contributed by atoms with Crippen LogP contribution in [0.5, 0.6) is 0 Å². The van der Waals surface area contributed by atoms with Crippen LogP contribution in [0.4, 0.5) is 5.00 Å². The fourth-order valence-electron chi connectivity index (χ4n) is 2.28. The topological polar surface area (TPSA) is 43.8 Å². The maximum atomic E-state index is 6.10. The van der Waals surface area contributed by atoms with Crippen molar-refractivity contribution in [3.63, 3.8) is 0 Å². The first-order valence-electron chi connectivity index (χ1n) is 6.08. The number of anilines is 1. The lowest BCUT2D eigenvalue weighted by molar-refractivity contribution is 0.624. The molecule has 2 heterocycles. The number of halogens is 1. The van der Waals surface area contributed by atoms with Crippen LogP contribution in [0.15, 0.2) is 29.6 Å². The second kappa shape index (κ2) is 4.54. The number of fused-ring (bicyclic) bond motifs is 1. The van der Waals surface area contributed by atoms with Gasteiger partial charge in [-0.15, -0.1) is 11.3 Å². The summed E-state index contributed by atoms with van der Waals surface area (Å²) in [7, 11) is 0. The molecular formula is C14H14ClN3S. The van der Waals surface area contributed by atoms with Crippen LogP contribution in [0.2, 0.25) is 5.02 Å². The smallest absolute Gasteiger partial charge is 0.144 e. The minimum absolute atomic E-state index is 0.290. The SMILES string of the molecule is CC(C)n1c(-c2ccsc2N)nc2ccc(Cl)cc21. The zero-order valence-electron chi connectivity index (χ0n) is 10.7. The van der Waals surface area contributed by atoms with Gasteiger partial charge >= 0.3 is 0 Å². The van der Waals surface area contributed by atoms with Crippen LogP contribution in [0, 0.1) is 0 Å². The van der Waals surface area contributed by atoms with Crippen LogP contribution >= 0.6 is 22.9 Å². The monoisotopic (exact) mass is 291 g/mol. The van der Waals surface area contributed by atoms with Crippen molar-refractivity contribution in [1.29, 1.82) is 0 Å². The maximum absolute atomic E-state index is 6.10. The minimum atomic E-state index is 0.290. The average molecular weight is 292 g/mol. The predicted octanol–water partition coefficient (Wildman–Crippen LogP) is 4.58. The highest BCUT2D eigenvalue weighted by molar-refractivity contribution is 7.14. The second-order valence-corrected chi connectivity index (χ2v) is 6.11. The average Bonchev–Trinajstić information content (AvgIpc) is 2.91. The Balaban J connectivity index is 2.36. The van der Waals surface area contributed by atoms with E-state index in [1.54, 1.807) is 0 Å². The fourth-order valence-corrected chi connectivity index (χ4v) is 3.09. The van der Waals surface area contributed by atoms with Crippen LogP contribution < -0.4 is 5.73 Å². The molecule has 0 atom stereocenters. The molecule has 0 spiro atoms. The number of nitrogens with two attached hydrogens (primary N) is 1. The Morgan fingerprint density at radius 2 is 2.11 bits per heavy atom. The molecule has 0 bridgehead atoms. The standard InChI is InChI=1S/C14H14ClN3S/c1-8(2)18-12-7-9(15)3-4-11(12)17-14(18)10-5-6-19-13(10)16/h3-8H,16H2,1-2H3. The zero-order chi connectivity index (χ0) is 13.6. The molecule has 0 aliphatic heterocycles. The lowest BCUT2D eigenvalue weighted by Crippen LogP contribution is -2.03. The molecule has 19 heavy (non-hydrogen) atoms. The number of benzene rings is 1. The van der Waals surface area contributed by atoms with E-state index in [-0.39, 0.29) is 6.04 Å². The third-order valence-corrected chi connectivity index (χ3v) is 4.09. The minimum Gasteiger partial charge on any atom is -0.390 e. The first kappa shape index (κ1) is 12.5. The van der Waals surface area contributed by atoms with E-state index in [0.29, 0.717) is 0 Å². The van der Waals surface area contributed by atoms with Crippen molar-refractivity contribution in [2.24, 2.45) is 0 Å². The summed E-state index contributed by atoms with van der Waals surface area (Å²) >= 11 is 7.63. The maximum Gasteiger partial charge on any atom is 0.144 e. The van der Waals surface area contributed by atoms with E-state index in [9.17, 15) is 0 Å². The molecule has 3 rings (SSSR count). The summed E-state index contributed by atoms with van der Waals surface area (Å²) in [6.45, 7) is 4.27. The van der Waals surface area contributed by atoms with Gasteiger partial charge in [-0.2, -0.15) is 0 Å². The summed E-state index contributed by atoms with van der Waals surface area (Å²) < 4.78 is 2.18. The highest BCUT2D eigenvalue weighted by Crippen LogP contribution is 2.34. The third-order valence-electron chi connectivity index (χ3n) is 3.10. The van der Waals surface area contributed by atoms with Crippen LogP contribution in [-0.2, 0) is 0 Å². The normalized spacial score (nSPS) is 11.6. The van der Waals surface area contributed by atoms with Gasteiger partial charge in [0, 0.05) is 11.1 Å². The molecule has 0 saturated carbocycles. The van der Waals surface area contributed by atoms with Crippen LogP contribution in [-0.4, -0.2) is 9.55 Å². The number of nitrogens with zero attached hydrogens (tertiary/aromatic N) is 2. The molecule has 0 amide bonds. The molecule has 1 aromatic carbocycles. The molecule has 2 aromatic heterocycles. The van der Waals surface area contributed by atoms with Crippen molar-refractivity contribution in [3.8, 4) is 11.4 Å². The van der Waals surface area contributed by atoms with Gasteiger partial charge in [-0.05, 0) is 43.5 Å². The van der Waals surface area contributed by atoms with Crippen molar-refractivity contribution < 1.29 is 0 Å². The first-order valence-corrected chi connectivity index (χ1v) is 7.34. The summed E-state index contributed by atoms with van der Waals surface area (Å²) in [6, 6.07) is 8.07. The molecule has 3 aromatic rings. The van der Waals surface area contributed by atoms with Gasteiger partial charge in [-0.25, -0.2) is 4.98 Å². The number of thiophene rings is 1. The van der Waals surface area contributed by atoms with Gasteiger partial charge < -0.3 is 10.3 Å². The van der Waals surface area contributed by atoms with Crippen LogP contribution in [0.25, 0.3) is 22.4 Å². The van der Waals surface area contributed by atoms with Gasteiger partial charge in [0.1, 0.15) is 5.82 Å². The molecule has 3 nitrogen and oxygen atoms in total. The number of aromatic nitrogens is 2. The van der Waals surface area contributed by atoms with E-state index < -0.39 is 0 Å². The van der Waals surface area contributed by atoms with Gasteiger partial charge in [0.2, 0.25) is 0 Å². The molecule has 2 N–H and O–H groups in total. The van der Waals surface area contributed by atoms with Crippen molar-refractivity contribution in [2.75, 3.05) is 5.73 Å². The van der Waals surface area contributed by atoms with E-state index >= 15 is 0 Å². The van der Waals surface area contributed by atoms with Crippen molar-refractivity contribution in [1.82, 2.24) is 9.55 Å². The van der Waals surface area contributed by atoms with Gasteiger partial charge in [0.15, 0.2) is 0 Å². The Kier molecular flexibility index (Phi) is 2.99. The van der Waals surface area contributed by atoms with Gasteiger partial charge in [0.05, 0.1) is 21.6 Å². The summed E-state index contributed by atoms with van der Waals surface area (Å²) in [6.07, 6.45) is 0. The third kappa shape index (κ3) is 2.01. The van der Waals surface area contributed by atoms with Crippen LogP contribution in [0.1, 0.15) is 19.9 Å². The van der Waals surface area contributed by atoms with E-state index in [1.807, 2.05) is 29.6 Å². The highest BCUT2D eigenvalue weighted by atomic mass is 35.5. The fraction of sp³-hybridized carbons (Fsp3) is 0.214. The second-order valence-electron chi connectivity index (χ2n) is 4.73. The first-order chi connectivity index (χ1) is 9.08. The van der Waals surface area contributed by atoms with E-state index in [0.717, 1.165) is 32.4 Å². The molecular weight excluding hydrogens is 278 g/mol. The van der Waals surface area contributed by atoms with Crippen molar-refractivity contribution in [3.05, 3.63) is 34.7 Å². The Morgan fingerprint density at radius 1 is 1.32 bits per heavy atom. The zero-order valence-corrected chi connectivity index (χ0v) is 12.3. The van der Waals surface area contributed by atoms with E-state index in [2.05, 4.69) is 18.4 Å². The Hall–Kier alpha value is -1.52. The number of hydrogen-bond donors (Lipinski definition) is 1. The Bertz CT molecular complexity index is 742. The Morgan fingerprint density at radius 3 is 2.74 bits per heavy atom. The number of hydrogen-bond acceptors (Lipinski definition) is 3. The van der Waals surface area contributed by atoms with Crippen LogP contribution in [0.3, 0.4) is 0 Å². The molecule has 0 radical (unpaired) electrons. The summed E-state index contributed by atoms with van der Waals surface area (Å²) in [5, 5.41) is 3.50. The highest BCUT2D eigenvalue weighted by Gasteiger charge is 2.17. The lowest BCUT2D eigenvalue weighted by atomic mass is 10.2. The summed E-state index contributed by atoms with van der Waals surface area (Å²) in [4.78, 5) is 4.71. The van der Waals surface area contributed by atoms with E-state index in [1.165, 1.54) is 11.3 Å². The number of nitrogen functional groups attached to an aromatic ring is 1. The largest absolute Gasteiger partial charge is 0.390 e. The van der Waals surface area contributed by atoms with Crippen molar-refractivity contribution >= 4 is 39.0 Å². The number of rotatable bonds is 2. The lowest BCUT2D eigenvalue weighted by Gasteiger charge is -2.12. The molecule has 0 unspecified atom stereocenters. The summed E-state index contributed by atoms with van der Waals surface area (Å²) in [5.41, 5.74) is 9.01. The quantitative estimate of drug-likeness (QED) is 0.751. The molecule has 0 aliphatic carbocycles. The Labute approximate surface area is 120 Å². The van der Waals surface area contributed by atoms with Gasteiger partial charge in [-0.3, -0.25) is 0 Å². The molecule has 98 valence electrons.